The van der Waals surface area contributed by atoms with E-state index in [1.54, 1.807) is 0 Å². The fourth-order valence-corrected chi connectivity index (χ4v) is 4.57. The zero-order valence-electron chi connectivity index (χ0n) is 14.9. The summed E-state index contributed by atoms with van der Waals surface area (Å²) in [6.07, 6.45) is 2.99. The number of thiazole rings is 1. The van der Waals surface area contributed by atoms with E-state index in [0.717, 1.165) is 23.4 Å². The van der Waals surface area contributed by atoms with Crippen molar-refractivity contribution in [2.75, 3.05) is 0 Å². The predicted molar refractivity (Wildman–Crippen MR) is 104 cm³/mol. The Morgan fingerprint density at radius 1 is 1.19 bits per heavy atom. The highest BCUT2D eigenvalue weighted by atomic mass is 35.5. The van der Waals surface area contributed by atoms with E-state index in [4.69, 9.17) is 11.6 Å². The third-order valence-electron chi connectivity index (χ3n) is 4.58. The molecule has 1 fully saturated rings. The maximum absolute atomic E-state index is 13.0. The summed E-state index contributed by atoms with van der Waals surface area (Å²) < 4.78 is 0. The molecule has 1 saturated heterocycles. The highest BCUT2D eigenvalue weighted by molar-refractivity contribution is 7.13. The maximum atomic E-state index is 13.0. The summed E-state index contributed by atoms with van der Waals surface area (Å²) in [6, 6.07) is 7.17. The Bertz CT molecular complexity index is 815. The molecule has 3 amide bonds. The van der Waals surface area contributed by atoms with Gasteiger partial charge in [0.05, 0.1) is 17.3 Å². The van der Waals surface area contributed by atoms with Gasteiger partial charge in [0.15, 0.2) is 0 Å². The van der Waals surface area contributed by atoms with Gasteiger partial charge in [0.25, 0.3) is 5.91 Å². The van der Waals surface area contributed by atoms with Gasteiger partial charge in [0.1, 0.15) is 10.5 Å². The van der Waals surface area contributed by atoms with Gasteiger partial charge in [-0.3, -0.25) is 9.69 Å². The van der Waals surface area contributed by atoms with E-state index < -0.39 is 5.54 Å². The molecule has 0 spiro atoms. The molecular formula is C19H22ClN3O2S. The second-order valence-corrected chi connectivity index (χ2v) is 7.79. The fourth-order valence-electron chi connectivity index (χ4n) is 3.44. The van der Waals surface area contributed by atoms with Crippen molar-refractivity contribution in [3.8, 4) is 10.6 Å². The number of benzene rings is 1. The first kappa shape index (κ1) is 18.9. The minimum atomic E-state index is -0.762. The Hall–Kier alpha value is -1.92. The molecule has 0 unspecified atom stereocenters. The van der Waals surface area contributed by atoms with Crippen molar-refractivity contribution < 1.29 is 9.59 Å². The number of nitrogens with zero attached hydrogens (tertiary/aromatic N) is 2. The molecule has 138 valence electrons. The van der Waals surface area contributed by atoms with E-state index >= 15 is 0 Å². The summed E-state index contributed by atoms with van der Waals surface area (Å²) in [4.78, 5) is 31.2. The number of rotatable bonds is 7. The van der Waals surface area contributed by atoms with Gasteiger partial charge >= 0.3 is 6.03 Å². The fraction of sp³-hybridized carbons (Fsp3) is 0.421. The molecule has 5 nitrogen and oxygen atoms in total. The van der Waals surface area contributed by atoms with Crippen LogP contribution in [-0.2, 0) is 11.3 Å². The monoisotopic (exact) mass is 391 g/mol. The van der Waals surface area contributed by atoms with Crippen LogP contribution < -0.4 is 5.32 Å². The molecule has 1 aromatic heterocycles. The Labute approximate surface area is 162 Å². The summed E-state index contributed by atoms with van der Waals surface area (Å²) in [7, 11) is 0. The van der Waals surface area contributed by atoms with E-state index in [2.05, 4.69) is 10.3 Å². The minimum Gasteiger partial charge on any atom is -0.323 e. The molecule has 1 aliphatic heterocycles. The van der Waals surface area contributed by atoms with Gasteiger partial charge in [-0.15, -0.1) is 11.3 Å². The first-order valence-electron chi connectivity index (χ1n) is 8.84. The third kappa shape index (κ3) is 3.48. The SMILES string of the molecule is CCCC1(CCC)NC(=O)N(Cc2csc(-c3ccccc3Cl)n2)C1=O. The molecule has 26 heavy (non-hydrogen) atoms. The van der Waals surface area contributed by atoms with Gasteiger partial charge in [-0.25, -0.2) is 9.78 Å². The number of imide groups is 1. The van der Waals surface area contributed by atoms with Gasteiger partial charge < -0.3 is 5.32 Å². The van der Waals surface area contributed by atoms with Gasteiger partial charge in [0, 0.05) is 10.9 Å². The van der Waals surface area contributed by atoms with E-state index in [1.165, 1.54) is 16.2 Å². The van der Waals surface area contributed by atoms with Crippen molar-refractivity contribution in [1.82, 2.24) is 15.2 Å². The largest absolute Gasteiger partial charge is 0.325 e. The second-order valence-electron chi connectivity index (χ2n) is 6.53. The predicted octanol–water partition coefficient (Wildman–Crippen LogP) is 4.85. The third-order valence-corrected chi connectivity index (χ3v) is 5.83. The van der Waals surface area contributed by atoms with Crippen molar-refractivity contribution in [2.45, 2.75) is 51.6 Å². The molecule has 3 rings (SSSR count). The van der Waals surface area contributed by atoms with Crippen LogP contribution in [0.3, 0.4) is 0 Å². The number of urea groups is 1. The zero-order chi connectivity index (χ0) is 18.7. The highest BCUT2D eigenvalue weighted by Crippen LogP contribution is 2.32. The quantitative estimate of drug-likeness (QED) is 0.686. The molecule has 1 aromatic carbocycles. The lowest BCUT2D eigenvalue weighted by atomic mass is 9.88. The highest BCUT2D eigenvalue weighted by Gasteiger charge is 2.49. The molecule has 0 radical (unpaired) electrons. The number of carbonyl (C=O) groups is 2. The number of hydrogen-bond acceptors (Lipinski definition) is 4. The van der Waals surface area contributed by atoms with Crippen LogP contribution in [0.4, 0.5) is 4.79 Å². The zero-order valence-corrected chi connectivity index (χ0v) is 16.5. The number of halogens is 1. The Kier molecular flexibility index (Phi) is 5.63. The van der Waals surface area contributed by atoms with Gasteiger partial charge in [-0.2, -0.15) is 0 Å². The standard InChI is InChI=1S/C19H22ClN3O2S/c1-3-9-19(10-4-2)17(24)23(18(25)22-19)11-13-12-26-16(21-13)14-7-5-6-8-15(14)20/h5-8,12H,3-4,9-11H2,1-2H3,(H,22,25). The van der Waals surface area contributed by atoms with E-state index in [1.807, 2.05) is 43.5 Å². The number of carbonyl (C=O) groups excluding carboxylic acids is 2. The van der Waals surface area contributed by atoms with Crippen LogP contribution >= 0.6 is 22.9 Å². The molecule has 7 heteroatoms. The molecule has 1 aliphatic rings. The lowest BCUT2D eigenvalue weighted by Crippen LogP contribution is -2.46. The van der Waals surface area contributed by atoms with Crippen LogP contribution in [0.5, 0.6) is 0 Å². The van der Waals surface area contributed by atoms with Gasteiger partial charge in [-0.05, 0) is 18.9 Å². The Balaban J connectivity index is 1.80. The van der Waals surface area contributed by atoms with E-state index in [-0.39, 0.29) is 18.5 Å². The summed E-state index contributed by atoms with van der Waals surface area (Å²) in [5, 5.41) is 6.22. The molecular weight excluding hydrogens is 370 g/mol. The Morgan fingerprint density at radius 3 is 2.54 bits per heavy atom. The van der Waals surface area contributed by atoms with Crippen molar-refractivity contribution >= 4 is 34.9 Å². The summed E-state index contributed by atoms with van der Waals surface area (Å²) in [5.74, 6) is -0.140. The maximum Gasteiger partial charge on any atom is 0.325 e. The van der Waals surface area contributed by atoms with Crippen LogP contribution in [0, 0.1) is 0 Å². The summed E-state index contributed by atoms with van der Waals surface area (Å²) in [5.41, 5.74) is 0.786. The van der Waals surface area contributed by atoms with E-state index in [9.17, 15) is 9.59 Å². The summed E-state index contributed by atoms with van der Waals surface area (Å²) >= 11 is 7.69. The smallest absolute Gasteiger partial charge is 0.323 e. The Morgan fingerprint density at radius 2 is 1.88 bits per heavy atom. The van der Waals surface area contributed by atoms with Crippen LogP contribution in [0.2, 0.25) is 5.02 Å². The van der Waals surface area contributed by atoms with E-state index in [0.29, 0.717) is 23.6 Å². The van der Waals surface area contributed by atoms with Crippen LogP contribution in [0.15, 0.2) is 29.6 Å². The molecule has 1 N–H and O–H groups in total. The van der Waals surface area contributed by atoms with Gasteiger partial charge in [0.2, 0.25) is 0 Å². The first-order chi connectivity index (χ1) is 12.5. The number of hydrogen-bond donors (Lipinski definition) is 1. The molecule has 0 saturated carbocycles. The molecule has 2 heterocycles. The van der Waals surface area contributed by atoms with Gasteiger partial charge in [-0.1, -0.05) is 56.5 Å². The number of amides is 3. The number of aromatic nitrogens is 1. The average molecular weight is 392 g/mol. The summed E-state index contributed by atoms with van der Waals surface area (Å²) in [6.45, 7) is 4.23. The van der Waals surface area contributed by atoms with Crippen LogP contribution in [-0.4, -0.2) is 27.4 Å². The second kappa shape index (κ2) is 7.76. The normalized spacial score (nSPS) is 16.2. The number of nitrogens with one attached hydrogen (secondary N) is 1. The minimum absolute atomic E-state index is 0.140. The van der Waals surface area contributed by atoms with Crippen molar-refractivity contribution in [3.05, 3.63) is 40.4 Å². The first-order valence-corrected chi connectivity index (χ1v) is 10.1. The molecule has 2 aromatic rings. The molecule has 0 bridgehead atoms. The lowest BCUT2D eigenvalue weighted by Gasteiger charge is -2.25. The van der Waals surface area contributed by atoms with Crippen molar-refractivity contribution in [2.24, 2.45) is 0 Å². The molecule has 0 atom stereocenters. The average Bonchev–Trinajstić information content (AvgIpc) is 3.15. The van der Waals surface area contributed by atoms with Crippen LogP contribution in [0.1, 0.15) is 45.2 Å². The molecule has 0 aliphatic carbocycles. The van der Waals surface area contributed by atoms with Crippen LogP contribution in [0.25, 0.3) is 10.6 Å². The van der Waals surface area contributed by atoms with Crippen molar-refractivity contribution in [1.29, 1.82) is 0 Å². The lowest BCUT2D eigenvalue weighted by molar-refractivity contribution is -0.132. The topological polar surface area (TPSA) is 62.3 Å². The van der Waals surface area contributed by atoms with Crippen molar-refractivity contribution in [3.63, 3.8) is 0 Å².